The Bertz CT molecular complexity index is 259. The van der Waals surface area contributed by atoms with Crippen LogP contribution in [0.1, 0.15) is 19.8 Å². The predicted octanol–water partition coefficient (Wildman–Crippen LogP) is 0.999. The molecule has 0 heterocycles. The highest BCUT2D eigenvalue weighted by Crippen LogP contribution is 2.34. The largest absolute Gasteiger partial charge is 0.466 e. The molecule has 6 nitrogen and oxygen atoms in total. The minimum Gasteiger partial charge on any atom is -0.466 e. The number of aliphatic hydroxyl groups excluding tert-OH is 1. The Hall–Kier alpha value is -1.26. The lowest BCUT2D eigenvalue weighted by Gasteiger charge is -2.15. The van der Waals surface area contributed by atoms with Crippen molar-refractivity contribution in [1.82, 2.24) is 0 Å². The highest BCUT2D eigenvalue weighted by atomic mass is 16.5. The van der Waals surface area contributed by atoms with Crippen LogP contribution in [0.2, 0.25) is 0 Å². The lowest BCUT2D eigenvalue weighted by Crippen LogP contribution is -2.35. The normalized spacial score (nSPS) is 19.3. The molecule has 2 atom stereocenters. The van der Waals surface area contributed by atoms with Crippen LogP contribution in [0.25, 0.3) is 10.4 Å². The van der Waals surface area contributed by atoms with E-state index in [0.29, 0.717) is 0 Å². The molecule has 0 amide bonds. The first-order valence-electron chi connectivity index (χ1n) is 4.59. The summed E-state index contributed by atoms with van der Waals surface area (Å²) in [6.45, 7) is 1.88. The molecule has 1 saturated carbocycles. The summed E-state index contributed by atoms with van der Waals surface area (Å²) in [7, 11) is 0. The van der Waals surface area contributed by atoms with E-state index in [1.807, 2.05) is 0 Å². The Kier molecular flexibility index (Phi) is 3.73. The van der Waals surface area contributed by atoms with Crippen molar-refractivity contribution in [2.75, 3.05) is 6.61 Å². The average Bonchev–Trinajstić information content (AvgIpc) is 2.96. The Morgan fingerprint density at radius 2 is 2.43 bits per heavy atom. The molecule has 0 radical (unpaired) electrons. The van der Waals surface area contributed by atoms with Crippen molar-refractivity contribution in [3.05, 3.63) is 10.4 Å². The van der Waals surface area contributed by atoms with Gasteiger partial charge in [0.25, 0.3) is 0 Å². The van der Waals surface area contributed by atoms with Crippen molar-refractivity contribution in [1.29, 1.82) is 0 Å². The fourth-order valence-corrected chi connectivity index (χ4v) is 1.23. The molecular weight excluding hydrogens is 186 g/mol. The van der Waals surface area contributed by atoms with Crippen molar-refractivity contribution in [2.24, 2.45) is 11.0 Å². The summed E-state index contributed by atoms with van der Waals surface area (Å²) in [6.07, 6.45) is 0.848. The van der Waals surface area contributed by atoms with Crippen LogP contribution >= 0.6 is 0 Å². The summed E-state index contributed by atoms with van der Waals surface area (Å²) in [5, 5.41) is 12.9. The van der Waals surface area contributed by atoms with Gasteiger partial charge in [-0.3, -0.25) is 4.79 Å². The highest BCUT2D eigenvalue weighted by Gasteiger charge is 2.38. The maximum atomic E-state index is 11.3. The first-order chi connectivity index (χ1) is 6.70. The van der Waals surface area contributed by atoms with E-state index < -0.39 is 18.1 Å². The summed E-state index contributed by atoms with van der Waals surface area (Å²) in [5.41, 5.74) is 8.24. The molecule has 2 unspecified atom stereocenters. The van der Waals surface area contributed by atoms with Gasteiger partial charge in [-0.2, -0.15) is 0 Å². The molecule has 1 rings (SSSR count). The molecule has 1 N–H and O–H groups in total. The average molecular weight is 199 g/mol. The van der Waals surface area contributed by atoms with Gasteiger partial charge in [0.2, 0.25) is 0 Å². The van der Waals surface area contributed by atoms with E-state index in [4.69, 9.17) is 10.3 Å². The first-order valence-corrected chi connectivity index (χ1v) is 4.59. The number of hydrogen-bond donors (Lipinski definition) is 1. The molecule has 1 aliphatic rings. The zero-order valence-corrected chi connectivity index (χ0v) is 7.96. The summed E-state index contributed by atoms with van der Waals surface area (Å²) >= 11 is 0. The van der Waals surface area contributed by atoms with Crippen LogP contribution < -0.4 is 0 Å². The van der Waals surface area contributed by atoms with Gasteiger partial charge in [-0.25, -0.2) is 0 Å². The summed E-state index contributed by atoms with van der Waals surface area (Å²) in [5.74, 6) is -0.570. The van der Waals surface area contributed by atoms with E-state index in [2.05, 4.69) is 10.0 Å². The first kappa shape index (κ1) is 10.8. The Labute approximate surface area is 81.5 Å². The summed E-state index contributed by atoms with van der Waals surface area (Å²) in [4.78, 5) is 13.8. The van der Waals surface area contributed by atoms with Gasteiger partial charge >= 0.3 is 5.97 Å². The maximum Gasteiger partial charge on any atom is 0.317 e. The zero-order valence-electron chi connectivity index (χ0n) is 7.96. The molecule has 0 bridgehead atoms. The molecule has 0 aliphatic heterocycles. The van der Waals surface area contributed by atoms with Crippen molar-refractivity contribution >= 4 is 5.97 Å². The van der Waals surface area contributed by atoms with Crippen molar-refractivity contribution in [2.45, 2.75) is 31.9 Å². The van der Waals surface area contributed by atoms with E-state index in [9.17, 15) is 9.90 Å². The molecule has 1 fully saturated rings. The lowest BCUT2D eigenvalue weighted by molar-refractivity contribution is -0.147. The van der Waals surface area contributed by atoms with Gasteiger partial charge in [-0.15, -0.1) is 0 Å². The zero-order chi connectivity index (χ0) is 10.6. The molecule has 0 aromatic rings. The second kappa shape index (κ2) is 4.83. The van der Waals surface area contributed by atoms with Crippen LogP contribution in [0, 0.1) is 5.92 Å². The second-order valence-corrected chi connectivity index (χ2v) is 3.23. The molecule has 1 aliphatic carbocycles. The van der Waals surface area contributed by atoms with Gasteiger partial charge in [0.15, 0.2) is 6.04 Å². The number of carbonyl (C=O) groups excluding carboxylic acids is 1. The van der Waals surface area contributed by atoms with Crippen LogP contribution in [0.5, 0.6) is 0 Å². The minimum atomic E-state index is -1.09. The number of hydrogen-bond acceptors (Lipinski definition) is 4. The van der Waals surface area contributed by atoms with Crippen molar-refractivity contribution in [3.63, 3.8) is 0 Å². The third kappa shape index (κ3) is 2.61. The topological polar surface area (TPSA) is 95.3 Å². The van der Waals surface area contributed by atoms with Gasteiger partial charge < -0.3 is 9.84 Å². The summed E-state index contributed by atoms with van der Waals surface area (Å²) < 4.78 is 4.69. The van der Waals surface area contributed by atoms with Gasteiger partial charge in [0.05, 0.1) is 12.7 Å². The second-order valence-electron chi connectivity index (χ2n) is 3.23. The predicted molar refractivity (Wildman–Crippen MR) is 48.3 cm³/mol. The van der Waals surface area contributed by atoms with Gasteiger partial charge in [-0.05, 0) is 31.2 Å². The molecule has 0 aromatic carbocycles. The van der Waals surface area contributed by atoms with Crippen molar-refractivity contribution < 1.29 is 14.6 Å². The number of azide groups is 1. The van der Waals surface area contributed by atoms with E-state index in [1.165, 1.54) is 0 Å². The molecule has 14 heavy (non-hydrogen) atoms. The van der Waals surface area contributed by atoms with E-state index >= 15 is 0 Å². The fourth-order valence-electron chi connectivity index (χ4n) is 1.23. The van der Waals surface area contributed by atoms with Crippen LogP contribution in [-0.2, 0) is 9.53 Å². The van der Waals surface area contributed by atoms with E-state index in [1.54, 1.807) is 6.92 Å². The molecule has 78 valence electrons. The number of carbonyl (C=O) groups is 1. The SMILES string of the molecule is CCOC(=O)C(N=[N+]=[N-])C(O)C1CC1. The number of ether oxygens (including phenoxy) is 1. The molecule has 0 aromatic heterocycles. The quantitative estimate of drug-likeness (QED) is 0.309. The van der Waals surface area contributed by atoms with E-state index in [0.717, 1.165) is 12.8 Å². The fraction of sp³-hybridized carbons (Fsp3) is 0.875. The Balaban J connectivity index is 2.61. The molecular formula is C8H13N3O3. The summed E-state index contributed by atoms with van der Waals surface area (Å²) in [6, 6.07) is -1.09. The Morgan fingerprint density at radius 3 is 2.86 bits per heavy atom. The van der Waals surface area contributed by atoms with Crippen LogP contribution in [0.4, 0.5) is 0 Å². The highest BCUT2D eigenvalue weighted by molar-refractivity contribution is 5.76. The maximum absolute atomic E-state index is 11.3. The van der Waals surface area contributed by atoms with Crippen LogP contribution in [0.3, 0.4) is 0 Å². The van der Waals surface area contributed by atoms with Crippen LogP contribution in [0.15, 0.2) is 5.11 Å². The van der Waals surface area contributed by atoms with Crippen LogP contribution in [-0.4, -0.2) is 29.8 Å². The Morgan fingerprint density at radius 1 is 1.79 bits per heavy atom. The number of rotatable bonds is 5. The third-order valence-corrected chi connectivity index (χ3v) is 2.13. The number of aliphatic hydroxyl groups is 1. The van der Waals surface area contributed by atoms with Gasteiger partial charge in [-0.1, -0.05) is 5.11 Å². The van der Waals surface area contributed by atoms with E-state index in [-0.39, 0.29) is 12.5 Å². The standard InChI is InChI=1S/C8H13N3O3/c1-2-14-8(13)6(10-11-9)7(12)5-3-4-5/h5-7,12H,2-4H2,1H3. The smallest absolute Gasteiger partial charge is 0.317 e. The minimum absolute atomic E-state index is 0.0786. The number of esters is 1. The molecule has 0 spiro atoms. The van der Waals surface area contributed by atoms with Gasteiger partial charge in [0, 0.05) is 4.91 Å². The lowest BCUT2D eigenvalue weighted by atomic mass is 10.1. The third-order valence-electron chi connectivity index (χ3n) is 2.13. The monoisotopic (exact) mass is 199 g/mol. The molecule has 6 heteroatoms. The van der Waals surface area contributed by atoms with Crippen molar-refractivity contribution in [3.8, 4) is 0 Å². The van der Waals surface area contributed by atoms with Gasteiger partial charge in [0.1, 0.15) is 0 Å². The number of nitrogens with zero attached hydrogens (tertiary/aromatic N) is 3. The molecule has 0 saturated heterocycles.